The molecule has 0 spiro atoms. The smallest absolute Gasteiger partial charge is 0.329 e. The third-order valence-electron chi connectivity index (χ3n) is 14.5. The summed E-state index contributed by atoms with van der Waals surface area (Å²) >= 11 is 0. The van der Waals surface area contributed by atoms with Crippen LogP contribution in [0.15, 0.2) is 47.6 Å². The predicted octanol–water partition coefficient (Wildman–Crippen LogP) is 6.18. The number of amides is 1. The van der Waals surface area contributed by atoms with Crippen molar-refractivity contribution in [3.05, 3.63) is 47.6 Å². The Labute approximate surface area is 387 Å². The first-order valence-electron chi connectivity index (χ1n) is 23.9. The summed E-state index contributed by atoms with van der Waals surface area (Å²) in [6.45, 7) is 12.7. The molecule has 1 saturated carbocycles. The number of ether oxygens (including phenoxy) is 5. The zero-order chi connectivity index (χ0) is 48.2. The van der Waals surface area contributed by atoms with Crippen molar-refractivity contribution in [1.82, 2.24) is 4.90 Å². The van der Waals surface area contributed by atoms with Crippen LogP contribution in [0.1, 0.15) is 126 Å². The first-order chi connectivity index (χ1) is 30.7. The van der Waals surface area contributed by atoms with E-state index < -0.39 is 83.9 Å². The van der Waals surface area contributed by atoms with Gasteiger partial charge in [-0.15, -0.1) is 0 Å². The van der Waals surface area contributed by atoms with Gasteiger partial charge < -0.3 is 43.9 Å². The summed E-state index contributed by atoms with van der Waals surface area (Å²) < 4.78 is 29.4. The Balaban J connectivity index is 1.70. The van der Waals surface area contributed by atoms with Crippen LogP contribution in [0.3, 0.4) is 0 Å². The van der Waals surface area contributed by atoms with Crippen molar-refractivity contribution in [2.24, 2.45) is 35.5 Å². The van der Waals surface area contributed by atoms with Crippen molar-refractivity contribution in [2.75, 3.05) is 27.9 Å². The number of aliphatic hydroxyl groups is 3. The number of allylic oxidation sites excluding steroid dienone is 6. The highest BCUT2D eigenvalue weighted by Crippen LogP contribution is 2.38. The average molecular weight is 914 g/mol. The number of hydrogen-bond donors (Lipinski definition) is 3. The first-order valence-corrected chi connectivity index (χ1v) is 23.9. The molecule has 14 nitrogen and oxygen atoms in total. The molecule has 0 aromatic heterocycles. The maximum Gasteiger partial charge on any atom is 0.329 e. The molecule has 3 fully saturated rings. The fourth-order valence-electron chi connectivity index (χ4n) is 10.1. The van der Waals surface area contributed by atoms with Gasteiger partial charge in [0.25, 0.3) is 11.7 Å². The third kappa shape index (κ3) is 14.3. The summed E-state index contributed by atoms with van der Waals surface area (Å²) in [6, 6.07) is -1.14. The van der Waals surface area contributed by atoms with Crippen molar-refractivity contribution >= 4 is 29.2 Å². The van der Waals surface area contributed by atoms with E-state index in [1.807, 2.05) is 58.1 Å². The van der Waals surface area contributed by atoms with Crippen LogP contribution >= 0.6 is 0 Å². The number of hydrogen-bond acceptors (Lipinski definition) is 13. The molecule has 3 N–H and O–H groups in total. The van der Waals surface area contributed by atoms with E-state index in [2.05, 4.69) is 0 Å². The van der Waals surface area contributed by atoms with Gasteiger partial charge in [0.2, 0.25) is 5.79 Å². The average Bonchev–Trinajstić information content (AvgIpc) is 3.28. The molecule has 1 unspecified atom stereocenters. The highest BCUT2D eigenvalue weighted by atomic mass is 16.6. The Bertz CT molecular complexity index is 1760. The maximum absolute atomic E-state index is 14.4. The highest BCUT2D eigenvalue weighted by Gasteiger charge is 2.53. The number of esters is 1. The van der Waals surface area contributed by atoms with E-state index in [-0.39, 0.29) is 54.8 Å². The predicted molar refractivity (Wildman–Crippen MR) is 245 cm³/mol. The lowest BCUT2D eigenvalue weighted by molar-refractivity contribution is -0.265. The largest absolute Gasteiger partial charge is 0.460 e. The van der Waals surface area contributed by atoms with E-state index in [1.165, 1.54) is 12.0 Å². The minimum absolute atomic E-state index is 0.0193. The molecular formula is C51H79NO13. The summed E-state index contributed by atoms with van der Waals surface area (Å²) in [5, 5.41) is 33.8. The number of piperidine rings is 1. The molecule has 4 aliphatic rings. The number of rotatable bonds is 6. The van der Waals surface area contributed by atoms with Gasteiger partial charge in [-0.1, -0.05) is 71.1 Å². The van der Waals surface area contributed by atoms with E-state index in [0.717, 1.165) is 12.0 Å². The van der Waals surface area contributed by atoms with Gasteiger partial charge in [0, 0.05) is 58.5 Å². The maximum atomic E-state index is 14.4. The minimum Gasteiger partial charge on any atom is -0.460 e. The van der Waals surface area contributed by atoms with Crippen LogP contribution in [0.4, 0.5) is 0 Å². The fourth-order valence-corrected chi connectivity index (χ4v) is 10.1. The number of cyclic esters (lactones) is 1. The number of aliphatic hydroxyl groups excluding tert-OH is 2. The molecule has 14 heteroatoms. The quantitative estimate of drug-likeness (QED) is 0.156. The minimum atomic E-state index is -2.43. The third-order valence-corrected chi connectivity index (χ3v) is 14.5. The normalized spacial score (nSPS) is 40.4. The number of carbonyl (C=O) groups excluding carboxylic acids is 5. The number of Topliss-reactive ketones (excluding diaryl/α,β-unsaturated/α-hetero) is 3. The molecule has 0 radical (unpaired) electrons. The van der Waals surface area contributed by atoms with Crippen molar-refractivity contribution in [3.8, 4) is 0 Å². The molecule has 0 aromatic carbocycles. The van der Waals surface area contributed by atoms with Gasteiger partial charge in [0.05, 0.1) is 24.4 Å². The molecule has 4 rings (SSSR count). The van der Waals surface area contributed by atoms with Crippen molar-refractivity contribution in [2.45, 2.75) is 180 Å². The Morgan fingerprint density at radius 2 is 1.57 bits per heavy atom. The zero-order valence-corrected chi connectivity index (χ0v) is 40.6. The van der Waals surface area contributed by atoms with Gasteiger partial charge in [-0.25, -0.2) is 4.79 Å². The van der Waals surface area contributed by atoms with Gasteiger partial charge >= 0.3 is 5.97 Å². The second-order valence-electron chi connectivity index (χ2n) is 19.6. The van der Waals surface area contributed by atoms with Crippen LogP contribution in [0.5, 0.6) is 0 Å². The number of methoxy groups -OCH3 is 3. The molecule has 2 saturated heterocycles. The van der Waals surface area contributed by atoms with E-state index in [0.29, 0.717) is 63.4 Å². The Kier molecular flexibility index (Phi) is 21.0. The van der Waals surface area contributed by atoms with Crippen molar-refractivity contribution in [1.29, 1.82) is 0 Å². The van der Waals surface area contributed by atoms with Crippen molar-refractivity contribution in [3.63, 3.8) is 0 Å². The lowest BCUT2D eigenvalue weighted by atomic mass is 9.78. The summed E-state index contributed by atoms with van der Waals surface area (Å²) in [5.74, 6) is -7.96. The fraction of sp³-hybridized carbons (Fsp3) is 0.745. The molecule has 65 heavy (non-hydrogen) atoms. The van der Waals surface area contributed by atoms with Crippen LogP contribution in [0, 0.1) is 35.5 Å². The highest BCUT2D eigenvalue weighted by molar-refractivity contribution is 6.39. The van der Waals surface area contributed by atoms with Crippen LogP contribution in [0.2, 0.25) is 0 Å². The summed E-state index contributed by atoms with van der Waals surface area (Å²) in [7, 11) is 4.52. The zero-order valence-electron chi connectivity index (χ0n) is 40.6. The van der Waals surface area contributed by atoms with E-state index in [9.17, 15) is 39.3 Å². The molecule has 1 aliphatic carbocycles. The summed E-state index contributed by atoms with van der Waals surface area (Å²) in [6.07, 6.45) is 11.2. The number of fused-ring (bicyclic) bond motifs is 3. The van der Waals surface area contributed by atoms with Crippen LogP contribution in [0.25, 0.3) is 0 Å². The number of carbonyl (C=O) groups is 5. The van der Waals surface area contributed by atoms with Gasteiger partial charge in [-0.2, -0.15) is 0 Å². The molecule has 366 valence electrons. The van der Waals surface area contributed by atoms with E-state index >= 15 is 0 Å². The lowest BCUT2D eigenvalue weighted by Crippen LogP contribution is -2.61. The lowest BCUT2D eigenvalue weighted by Gasteiger charge is -2.42. The van der Waals surface area contributed by atoms with Crippen molar-refractivity contribution < 1.29 is 63.0 Å². The van der Waals surface area contributed by atoms with Gasteiger partial charge in [0.15, 0.2) is 5.78 Å². The monoisotopic (exact) mass is 914 g/mol. The second-order valence-corrected chi connectivity index (χ2v) is 19.6. The number of nitrogens with zero attached hydrogens (tertiary/aromatic N) is 1. The molecule has 3 heterocycles. The molecule has 1 amide bonds. The number of ketones is 3. The Morgan fingerprint density at radius 3 is 2.25 bits per heavy atom. The Morgan fingerprint density at radius 1 is 0.846 bits per heavy atom. The van der Waals surface area contributed by atoms with Gasteiger partial charge in [-0.3, -0.25) is 19.2 Å². The van der Waals surface area contributed by atoms with E-state index in [4.69, 9.17) is 23.7 Å². The van der Waals surface area contributed by atoms with Crippen LogP contribution in [-0.4, -0.2) is 132 Å². The van der Waals surface area contributed by atoms with Crippen LogP contribution < -0.4 is 0 Å². The molecule has 3 aliphatic heterocycles. The summed E-state index contributed by atoms with van der Waals surface area (Å²) in [4.78, 5) is 71.8. The Hall–Kier alpha value is -3.37. The topological polar surface area (TPSA) is 195 Å². The molecule has 0 aromatic rings. The van der Waals surface area contributed by atoms with Gasteiger partial charge in [0.1, 0.15) is 30.1 Å². The SMILES string of the molecule is CO[C@H]1C[C@@H]2CC[C@@H](C)[C@@](O)(O2)C(=O)C(=O)N2CCCC[C@H]2C(=O)O[C@H]([C@H](C)C[C@@H]2CCC(O)[C@H](OC)C2)CC(=O)[C@H](C)/C=C(\C)[C@@H](O)[C@@H](OC)C(=O)[C@H](C)C[C@H](C)\C=C/C=C/C=C/1C. The standard InChI is InChI=1S/C51H79NO13/c1-30-16-12-11-13-17-31(2)42(61-8)28-38-21-19-36(7)51(60,65-38)48(57)49(58)52-23-15-14-18-39(52)50(59)64-43(33(4)26-37-20-22-40(53)44(27-37)62-9)29-41(54)32(3)25-35(6)46(56)47(63-10)45(55)34(5)24-30/h11-13,16-17,25,30,32-34,36-40,42-44,46-47,53,56,60H,14-15,18-24,26-29H2,1-10H3/b13-11+,16-12-,31-17+,35-25+/t30-,32-,33-,34-,36-,37+,38+,39+,40?,42+,43+,44-,46-,47+,51-/m1/s1. The first kappa shape index (κ1) is 54.2. The van der Waals surface area contributed by atoms with E-state index in [1.54, 1.807) is 41.1 Å². The molecule has 2 bridgehead atoms. The summed E-state index contributed by atoms with van der Waals surface area (Å²) in [5.41, 5.74) is 1.27. The molecule has 15 atom stereocenters. The second kappa shape index (κ2) is 25.1. The molecular weight excluding hydrogens is 835 g/mol. The van der Waals surface area contributed by atoms with Crippen LogP contribution in [-0.2, 0) is 47.7 Å². The van der Waals surface area contributed by atoms with Gasteiger partial charge in [-0.05, 0) is 107 Å².